The van der Waals surface area contributed by atoms with E-state index in [1.807, 2.05) is 4.68 Å². The molecule has 0 aliphatic rings. The number of benzene rings is 1. The van der Waals surface area contributed by atoms with E-state index in [0.717, 1.165) is 24.2 Å². The fourth-order valence-electron chi connectivity index (χ4n) is 2.25. The van der Waals surface area contributed by atoms with Crippen LogP contribution in [-0.4, -0.2) is 9.78 Å². The third-order valence-corrected chi connectivity index (χ3v) is 3.88. The summed E-state index contributed by atoms with van der Waals surface area (Å²) in [5.41, 5.74) is 4.34. The van der Waals surface area contributed by atoms with E-state index in [1.54, 1.807) is 12.3 Å². The van der Waals surface area contributed by atoms with Gasteiger partial charge in [0.2, 0.25) is 0 Å². The summed E-state index contributed by atoms with van der Waals surface area (Å²) < 4.78 is 14.9. The maximum absolute atomic E-state index is 13.1. The van der Waals surface area contributed by atoms with E-state index in [9.17, 15) is 4.39 Å². The number of nitrogens with zero attached hydrogens (tertiary/aromatic N) is 2. The van der Waals surface area contributed by atoms with Gasteiger partial charge in [-0.15, -0.1) is 0 Å². The van der Waals surface area contributed by atoms with Crippen molar-refractivity contribution in [2.75, 3.05) is 0 Å². The van der Waals surface area contributed by atoms with E-state index in [1.165, 1.54) is 12.1 Å². The number of rotatable bonds is 6. The Balaban J connectivity index is 2.29. The molecule has 0 amide bonds. The maximum atomic E-state index is 13.1. The smallest absolute Gasteiger partial charge is 0.124 e. The lowest BCUT2D eigenvalue weighted by molar-refractivity contribution is 0.478. The second-order valence-corrected chi connectivity index (χ2v) is 5.57. The minimum Gasteiger partial charge on any atom is -0.271 e. The lowest BCUT2D eigenvalue weighted by Crippen LogP contribution is -2.31. The average Bonchev–Trinajstić information content (AvgIpc) is 2.80. The van der Waals surface area contributed by atoms with Gasteiger partial charge < -0.3 is 0 Å². The molecule has 0 saturated heterocycles. The summed E-state index contributed by atoms with van der Waals surface area (Å²) >= 11 is 12.3. The first kappa shape index (κ1) is 16.2. The van der Waals surface area contributed by atoms with Gasteiger partial charge in [-0.3, -0.25) is 16.0 Å². The second-order valence-electron chi connectivity index (χ2n) is 4.76. The monoisotopic (exact) mass is 330 g/mol. The molecule has 0 saturated carbocycles. The third-order valence-electron chi connectivity index (χ3n) is 3.24. The van der Waals surface area contributed by atoms with Crippen molar-refractivity contribution in [3.8, 4) is 0 Å². The van der Waals surface area contributed by atoms with E-state index >= 15 is 0 Å². The highest BCUT2D eigenvalue weighted by molar-refractivity contribution is 6.31. The van der Waals surface area contributed by atoms with Crippen LogP contribution in [0.4, 0.5) is 4.39 Å². The number of aromatic nitrogens is 2. The van der Waals surface area contributed by atoms with Crippen LogP contribution in [0, 0.1) is 5.82 Å². The Morgan fingerprint density at radius 1 is 1.38 bits per heavy atom. The van der Waals surface area contributed by atoms with Gasteiger partial charge >= 0.3 is 0 Å². The molecule has 0 bridgehead atoms. The molecule has 1 atom stereocenters. The van der Waals surface area contributed by atoms with E-state index < -0.39 is 0 Å². The minimum absolute atomic E-state index is 0.255. The van der Waals surface area contributed by atoms with E-state index in [0.29, 0.717) is 16.5 Å². The van der Waals surface area contributed by atoms with Crippen molar-refractivity contribution in [1.29, 1.82) is 0 Å². The molecule has 1 aromatic carbocycles. The van der Waals surface area contributed by atoms with Crippen molar-refractivity contribution >= 4 is 23.2 Å². The molecule has 7 heteroatoms. The van der Waals surface area contributed by atoms with Crippen molar-refractivity contribution in [1.82, 2.24) is 15.2 Å². The van der Waals surface area contributed by atoms with Crippen molar-refractivity contribution in [2.24, 2.45) is 5.84 Å². The molecule has 0 fully saturated rings. The van der Waals surface area contributed by atoms with Gasteiger partial charge in [0.1, 0.15) is 5.82 Å². The van der Waals surface area contributed by atoms with Crippen LogP contribution < -0.4 is 11.3 Å². The molecule has 4 nitrogen and oxygen atoms in total. The molecular formula is C14H17Cl2FN4. The fourth-order valence-corrected chi connectivity index (χ4v) is 2.77. The summed E-state index contributed by atoms with van der Waals surface area (Å²) in [7, 11) is 0. The van der Waals surface area contributed by atoms with Crippen molar-refractivity contribution < 1.29 is 4.39 Å². The molecule has 21 heavy (non-hydrogen) atoms. The Kier molecular flexibility index (Phi) is 5.58. The van der Waals surface area contributed by atoms with E-state index in [-0.39, 0.29) is 11.9 Å². The summed E-state index contributed by atoms with van der Waals surface area (Å²) in [5, 5.41) is 5.16. The predicted molar refractivity (Wildman–Crippen MR) is 82.7 cm³/mol. The quantitative estimate of drug-likeness (QED) is 0.629. The Morgan fingerprint density at radius 2 is 2.14 bits per heavy atom. The fraction of sp³-hybridized carbons (Fsp3) is 0.357. The molecule has 1 unspecified atom stereocenters. The highest BCUT2D eigenvalue weighted by Gasteiger charge is 2.20. The lowest BCUT2D eigenvalue weighted by Gasteiger charge is -2.19. The summed E-state index contributed by atoms with van der Waals surface area (Å²) in [6.07, 6.45) is 3.02. The molecule has 114 valence electrons. The van der Waals surface area contributed by atoms with Crippen LogP contribution in [0.15, 0.2) is 24.4 Å². The second kappa shape index (κ2) is 7.22. The molecule has 2 aromatic rings. The summed E-state index contributed by atoms with van der Waals surface area (Å²) in [4.78, 5) is 0. The van der Waals surface area contributed by atoms with E-state index in [2.05, 4.69) is 17.4 Å². The zero-order chi connectivity index (χ0) is 15.4. The molecule has 3 N–H and O–H groups in total. The highest BCUT2D eigenvalue weighted by Crippen LogP contribution is 2.28. The third kappa shape index (κ3) is 3.74. The molecule has 0 radical (unpaired) electrons. The van der Waals surface area contributed by atoms with Gasteiger partial charge in [-0.2, -0.15) is 5.10 Å². The number of nitrogens with two attached hydrogens (primary N) is 1. The van der Waals surface area contributed by atoms with Crippen molar-refractivity contribution in [3.05, 3.63) is 51.5 Å². The molecule has 1 aromatic heterocycles. The predicted octanol–water partition coefficient (Wildman–Crippen LogP) is 3.49. The first-order chi connectivity index (χ1) is 10.1. The van der Waals surface area contributed by atoms with Crippen LogP contribution in [0.2, 0.25) is 10.0 Å². The number of hydrazine groups is 1. The van der Waals surface area contributed by atoms with Crippen LogP contribution >= 0.6 is 23.2 Å². The van der Waals surface area contributed by atoms with Gasteiger partial charge in [0, 0.05) is 11.6 Å². The molecular weight excluding hydrogens is 314 g/mol. The van der Waals surface area contributed by atoms with Gasteiger partial charge in [-0.1, -0.05) is 36.2 Å². The molecule has 0 spiro atoms. The SMILES string of the molecule is CCCn1ncc(Cl)c1C(Cc1ccc(F)cc1Cl)NN. The van der Waals surface area contributed by atoms with Crippen LogP contribution in [0.1, 0.15) is 30.6 Å². The molecule has 0 aliphatic carbocycles. The molecule has 1 heterocycles. The summed E-state index contributed by atoms with van der Waals surface area (Å²) in [5.74, 6) is 5.29. The van der Waals surface area contributed by atoms with Gasteiger partial charge in [0.25, 0.3) is 0 Å². The number of nitrogens with one attached hydrogen (secondary N) is 1. The van der Waals surface area contributed by atoms with Crippen LogP contribution in [-0.2, 0) is 13.0 Å². The minimum atomic E-state index is -0.366. The van der Waals surface area contributed by atoms with Crippen LogP contribution in [0.25, 0.3) is 0 Å². The maximum Gasteiger partial charge on any atom is 0.124 e. The van der Waals surface area contributed by atoms with Crippen molar-refractivity contribution in [3.63, 3.8) is 0 Å². The molecule has 0 aliphatic heterocycles. The van der Waals surface area contributed by atoms with Crippen LogP contribution in [0.3, 0.4) is 0 Å². The number of hydrogen-bond donors (Lipinski definition) is 2. The largest absolute Gasteiger partial charge is 0.271 e. The van der Waals surface area contributed by atoms with Crippen LogP contribution in [0.5, 0.6) is 0 Å². The van der Waals surface area contributed by atoms with Gasteiger partial charge in [0.05, 0.1) is 23.0 Å². The first-order valence-electron chi connectivity index (χ1n) is 6.68. The zero-order valence-corrected chi connectivity index (χ0v) is 13.1. The topological polar surface area (TPSA) is 55.9 Å². The van der Waals surface area contributed by atoms with Gasteiger partial charge in [0.15, 0.2) is 0 Å². The Bertz CT molecular complexity index is 615. The number of halogens is 3. The highest BCUT2D eigenvalue weighted by atomic mass is 35.5. The van der Waals surface area contributed by atoms with Crippen molar-refractivity contribution in [2.45, 2.75) is 32.4 Å². The summed E-state index contributed by atoms with van der Waals surface area (Å²) in [6.45, 7) is 2.80. The van der Waals surface area contributed by atoms with Gasteiger partial charge in [-0.05, 0) is 30.5 Å². The Hall–Kier alpha value is -1.14. The van der Waals surface area contributed by atoms with E-state index in [4.69, 9.17) is 29.0 Å². The standard InChI is InChI=1S/C14H17Cl2FN4/c1-2-5-21-14(12(16)8-19-21)13(20-18)6-9-3-4-10(17)7-11(9)15/h3-4,7-8,13,20H,2,5-6,18H2,1H3. The first-order valence-corrected chi connectivity index (χ1v) is 7.43. The lowest BCUT2D eigenvalue weighted by atomic mass is 10.0. The zero-order valence-electron chi connectivity index (χ0n) is 11.6. The van der Waals surface area contributed by atoms with Gasteiger partial charge in [-0.25, -0.2) is 4.39 Å². The average molecular weight is 331 g/mol. The Labute approximate surface area is 133 Å². The Morgan fingerprint density at radius 3 is 2.76 bits per heavy atom. The number of aryl methyl sites for hydroxylation is 1. The number of hydrogen-bond acceptors (Lipinski definition) is 3. The summed E-state index contributed by atoms with van der Waals surface area (Å²) in [6, 6.07) is 4.06. The molecule has 2 rings (SSSR count). The normalized spacial score (nSPS) is 12.6.